The fraction of sp³-hybridized carbons (Fsp3) is 0.667. The van der Waals surface area contributed by atoms with Gasteiger partial charge in [-0.2, -0.15) is 4.31 Å². The van der Waals surface area contributed by atoms with E-state index in [0.29, 0.717) is 12.3 Å². The Morgan fingerprint density at radius 3 is 2.83 bits per heavy atom. The van der Waals surface area contributed by atoms with Crippen molar-refractivity contribution in [1.29, 1.82) is 0 Å². The molecule has 0 aliphatic carbocycles. The molecule has 1 fully saturated rings. The quantitative estimate of drug-likeness (QED) is 0.908. The zero-order valence-electron chi connectivity index (χ0n) is 10.6. The van der Waals surface area contributed by atoms with Crippen LogP contribution in [0.1, 0.15) is 38.4 Å². The lowest BCUT2D eigenvalue weighted by Crippen LogP contribution is -2.38. The van der Waals surface area contributed by atoms with Crippen LogP contribution in [0.5, 0.6) is 0 Å². The van der Waals surface area contributed by atoms with E-state index in [-0.39, 0.29) is 17.7 Å². The lowest BCUT2D eigenvalue weighted by molar-refractivity contribution is 0.323. The van der Waals surface area contributed by atoms with Gasteiger partial charge in [-0.3, -0.25) is 0 Å². The number of hydrogen-bond donors (Lipinski definition) is 1. The monoisotopic (exact) mass is 272 g/mol. The Morgan fingerprint density at radius 1 is 1.39 bits per heavy atom. The van der Waals surface area contributed by atoms with E-state index < -0.39 is 10.0 Å². The van der Waals surface area contributed by atoms with Crippen LogP contribution < -0.4 is 5.73 Å². The molecular formula is C12H20N2O3S. The van der Waals surface area contributed by atoms with Crippen LogP contribution >= 0.6 is 0 Å². The molecule has 0 spiro atoms. The molecule has 0 bridgehead atoms. The van der Waals surface area contributed by atoms with Crippen molar-refractivity contribution in [3.8, 4) is 0 Å². The van der Waals surface area contributed by atoms with Gasteiger partial charge in [0.25, 0.3) is 10.0 Å². The van der Waals surface area contributed by atoms with Gasteiger partial charge in [-0.15, -0.1) is 0 Å². The molecule has 2 heterocycles. The SMILES string of the molecule is CC1CCCCCN1S(=O)(=O)c1ccc(CN)o1. The molecule has 1 unspecified atom stereocenters. The molecule has 1 aromatic rings. The summed E-state index contributed by atoms with van der Waals surface area (Å²) in [5, 5.41) is 0.0108. The Bertz CT molecular complexity index is 495. The topological polar surface area (TPSA) is 76.5 Å². The lowest BCUT2D eigenvalue weighted by atomic mass is 10.1. The normalized spacial score (nSPS) is 22.9. The zero-order valence-corrected chi connectivity index (χ0v) is 11.4. The maximum Gasteiger partial charge on any atom is 0.276 e. The highest BCUT2D eigenvalue weighted by Crippen LogP contribution is 2.25. The highest BCUT2D eigenvalue weighted by atomic mass is 32.2. The molecule has 0 amide bonds. The van der Waals surface area contributed by atoms with Crippen molar-refractivity contribution in [2.45, 2.75) is 50.3 Å². The third-order valence-electron chi connectivity index (χ3n) is 3.39. The standard InChI is InChI=1S/C12H20N2O3S/c1-10-5-3-2-4-8-14(10)18(15,16)12-7-6-11(9-13)17-12/h6-7,10H,2-5,8-9,13H2,1H3. The van der Waals surface area contributed by atoms with E-state index in [0.717, 1.165) is 25.7 Å². The van der Waals surface area contributed by atoms with E-state index in [4.69, 9.17) is 10.2 Å². The summed E-state index contributed by atoms with van der Waals surface area (Å²) in [5.41, 5.74) is 5.44. The summed E-state index contributed by atoms with van der Waals surface area (Å²) in [6.07, 6.45) is 3.99. The van der Waals surface area contributed by atoms with Gasteiger partial charge in [-0.05, 0) is 31.9 Å². The maximum absolute atomic E-state index is 12.5. The zero-order chi connectivity index (χ0) is 13.2. The third-order valence-corrected chi connectivity index (χ3v) is 5.28. The summed E-state index contributed by atoms with van der Waals surface area (Å²) in [5.74, 6) is 0.496. The molecule has 6 heteroatoms. The van der Waals surface area contributed by atoms with E-state index in [2.05, 4.69) is 0 Å². The van der Waals surface area contributed by atoms with E-state index in [9.17, 15) is 8.42 Å². The van der Waals surface area contributed by atoms with Crippen molar-refractivity contribution < 1.29 is 12.8 Å². The smallest absolute Gasteiger partial charge is 0.276 e. The van der Waals surface area contributed by atoms with Crippen LogP contribution in [0.4, 0.5) is 0 Å². The molecule has 0 aromatic carbocycles. The van der Waals surface area contributed by atoms with Crippen molar-refractivity contribution in [1.82, 2.24) is 4.31 Å². The Labute approximate surface area is 108 Å². The van der Waals surface area contributed by atoms with Gasteiger partial charge in [0, 0.05) is 12.6 Å². The molecule has 1 saturated heterocycles. The largest absolute Gasteiger partial charge is 0.447 e. The summed E-state index contributed by atoms with van der Waals surface area (Å²) >= 11 is 0. The van der Waals surface area contributed by atoms with Gasteiger partial charge < -0.3 is 10.2 Å². The van der Waals surface area contributed by atoms with Crippen molar-refractivity contribution in [2.24, 2.45) is 5.73 Å². The maximum atomic E-state index is 12.5. The second-order valence-electron chi connectivity index (χ2n) is 4.74. The summed E-state index contributed by atoms with van der Waals surface area (Å²) < 4.78 is 31.8. The van der Waals surface area contributed by atoms with Gasteiger partial charge in [-0.1, -0.05) is 12.8 Å². The minimum absolute atomic E-state index is 0.0108. The van der Waals surface area contributed by atoms with Crippen molar-refractivity contribution in [3.63, 3.8) is 0 Å². The Hall–Kier alpha value is -0.850. The predicted octanol–water partition coefficient (Wildman–Crippen LogP) is 1.69. The van der Waals surface area contributed by atoms with Crippen LogP contribution in [-0.2, 0) is 16.6 Å². The number of hydrogen-bond acceptors (Lipinski definition) is 4. The summed E-state index contributed by atoms with van der Waals surface area (Å²) in [7, 11) is -3.51. The molecule has 0 radical (unpaired) electrons. The van der Waals surface area contributed by atoms with Crippen molar-refractivity contribution in [3.05, 3.63) is 17.9 Å². The van der Waals surface area contributed by atoms with Crippen LogP contribution in [0.3, 0.4) is 0 Å². The molecule has 18 heavy (non-hydrogen) atoms. The highest BCUT2D eigenvalue weighted by Gasteiger charge is 2.32. The lowest BCUT2D eigenvalue weighted by Gasteiger charge is -2.24. The minimum Gasteiger partial charge on any atom is -0.447 e. The van der Waals surface area contributed by atoms with Crippen molar-refractivity contribution in [2.75, 3.05) is 6.54 Å². The number of nitrogens with zero attached hydrogens (tertiary/aromatic N) is 1. The van der Waals surface area contributed by atoms with E-state index in [1.54, 1.807) is 10.4 Å². The highest BCUT2D eigenvalue weighted by molar-refractivity contribution is 7.89. The van der Waals surface area contributed by atoms with Gasteiger partial charge in [0.15, 0.2) is 0 Å². The summed E-state index contributed by atoms with van der Waals surface area (Å²) in [6, 6.07) is 3.15. The Morgan fingerprint density at radius 2 is 2.17 bits per heavy atom. The molecule has 1 aliphatic heterocycles. The van der Waals surface area contributed by atoms with Gasteiger partial charge in [0.05, 0.1) is 6.54 Å². The van der Waals surface area contributed by atoms with Gasteiger partial charge in [0.2, 0.25) is 5.09 Å². The Balaban J connectivity index is 2.28. The van der Waals surface area contributed by atoms with Crippen LogP contribution in [-0.4, -0.2) is 25.3 Å². The van der Waals surface area contributed by atoms with Crippen molar-refractivity contribution >= 4 is 10.0 Å². The first kappa shape index (κ1) is 13.6. The van der Waals surface area contributed by atoms with E-state index in [1.807, 2.05) is 6.92 Å². The number of furan rings is 1. The van der Waals surface area contributed by atoms with Gasteiger partial charge in [0.1, 0.15) is 5.76 Å². The molecule has 1 aliphatic rings. The molecule has 5 nitrogen and oxygen atoms in total. The average molecular weight is 272 g/mol. The molecule has 1 aromatic heterocycles. The van der Waals surface area contributed by atoms with Crippen LogP contribution in [0.2, 0.25) is 0 Å². The molecular weight excluding hydrogens is 252 g/mol. The van der Waals surface area contributed by atoms with Gasteiger partial charge in [-0.25, -0.2) is 8.42 Å². The number of nitrogens with two attached hydrogens (primary N) is 1. The first-order valence-corrected chi connectivity index (χ1v) is 7.80. The first-order valence-electron chi connectivity index (χ1n) is 6.36. The molecule has 2 rings (SSSR count). The third kappa shape index (κ3) is 2.60. The fourth-order valence-corrected chi connectivity index (χ4v) is 3.96. The molecule has 2 N–H and O–H groups in total. The summed E-state index contributed by atoms with van der Waals surface area (Å²) in [6.45, 7) is 2.74. The second kappa shape index (κ2) is 5.42. The fourth-order valence-electron chi connectivity index (χ4n) is 2.33. The second-order valence-corrected chi connectivity index (χ2v) is 6.56. The average Bonchev–Trinajstić information content (AvgIpc) is 2.72. The van der Waals surface area contributed by atoms with Crippen LogP contribution in [0, 0.1) is 0 Å². The first-order chi connectivity index (χ1) is 8.55. The molecule has 102 valence electrons. The van der Waals surface area contributed by atoms with Gasteiger partial charge >= 0.3 is 0 Å². The predicted molar refractivity (Wildman–Crippen MR) is 68.4 cm³/mol. The van der Waals surface area contributed by atoms with E-state index >= 15 is 0 Å². The van der Waals surface area contributed by atoms with Crippen LogP contribution in [0.25, 0.3) is 0 Å². The number of rotatable bonds is 3. The van der Waals surface area contributed by atoms with Crippen LogP contribution in [0.15, 0.2) is 21.6 Å². The van der Waals surface area contributed by atoms with E-state index in [1.165, 1.54) is 6.07 Å². The molecule has 0 saturated carbocycles. The molecule has 1 atom stereocenters. The minimum atomic E-state index is -3.51. The summed E-state index contributed by atoms with van der Waals surface area (Å²) in [4.78, 5) is 0. The Kier molecular flexibility index (Phi) is 4.09. The number of sulfonamides is 1.